The normalized spacial score (nSPS) is 29.9. The fraction of sp³-hybridized carbons (Fsp3) is 0.531. The van der Waals surface area contributed by atoms with Crippen LogP contribution in [-0.2, 0) is 15.0 Å². The Morgan fingerprint density at radius 3 is 2.47 bits per heavy atom. The van der Waals surface area contributed by atoms with Gasteiger partial charge in [0.15, 0.2) is 5.82 Å². The molecule has 4 aliphatic rings. The number of H-pyrrole nitrogens is 1. The van der Waals surface area contributed by atoms with Crippen LogP contribution in [0, 0.1) is 11.2 Å². The molecule has 238 valence electrons. The molecule has 0 unspecified atom stereocenters. The Balaban J connectivity index is 1.30. The highest BCUT2D eigenvalue weighted by molar-refractivity contribution is 6.31. The number of aromatic amines is 1. The molecule has 2 aromatic heterocycles. The molecular formula is C32H35Cl2FN6O4. The number of hydrogen-bond acceptors (Lipinski definition) is 7. The molecule has 3 atom stereocenters. The summed E-state index contributed by atoms with van der Waals surface area (Å²) in [6.07, 6.45) is 5.51. The number of nitrogens with one attached hydrogen (secondary N) is 4. The van der Waals surface area contributed by atoms with E-state index in [1.165, 1.54) is 6.07 Å². The van der Waals surface area contributed by atoms with Crippen molar-refractivity contribution < 1.29 is 18.5 Å². The molecule has 0 bridgehead atoms. The summed E-state index contributed by atoms with van der Waals surface area (Å²) in [4.78, 5) is 47.5. The van der Waals surface area contributed by atoms with Crippen molar-refractivity contribution in [3.05, 3.63) is 73.8 Å². The van der Waals surface area contributed by atoms with Crippen molar-refractivity contribution in [3.63, 3.8) is 0 Å². The van der Waals surface area contributed by atoms with Crippen LogP contribution in [0.1, 0.15) is 94.0 Å². The SMILES string of the molecule is CC1(C)CCC2(CC1)N[C@@H](C(=O)N[C@H]1CC[C@H](c3noc(=O)[nH]3)CC1)[C@H](c1cccc(Cl)c1F)[C@]21C(=O)Nc2nc(Cl)ccc21. The van der Waals surface area contributed by atoms with Crippen molar-refractivity contribution in [2.24, 2.45) is 5.41 Å². The minimum Gasteiger partial charge on any atom is -0.352 e. The summed E-state index contributed by atoms with van der Waals surface area (Å²) in [6.45, 7) is 4.41. The first-order chi connectivity index (χ1) is 21.4. The van der Waals surface area contributed by atoms with Crippen molar-refractivity contribution in [1.82, 2.24) is 25.8 Å². The predicted octanol–water partition coefficient (Wildman–Crippen LogP) is 5.33. The molecule has 3 fully saturated rings. The van der Waals surface area contributed by atoms with Gasteiger partial charge in [-0.3, -0.25) is 24.4 Å². The van der Waals surface area contributed by atoms with Gasteiger partial charge in [-0.15, -0.1) is 0 Å². The highest BCUT2D eigenvalue weighted by Gasteiger charge is 2.73. The van der Waals surface area contributed by atoms with Crippen molar-refractivity contribution in [1.29, 1.82) is 0 Å². The molecule has 1 saturated heterocycles. The van der Waals surface area contributed by atoms with Gasteiger partial charge in [-0.2, -0.15) is 0 Å². The van der Waals surface area contributed by atoms with Crippen molar-refractivity contribution in [2.45, 2.75) is 100 Å². The Bertz CT molecular complexity index is 1720. The summed E-state index contributed by atoms with van der Waals surface area (Å²) in [5.41, 5.74) is -1.39. The lowest BCUT2D eigenvalue weighted by atomic mass is 9.53. The van der Waals surface area contributed by atoms with Gasteiger partial charge in [0.25, 0.3) is 0 Å². The number of carbonyl (C=O) groups is 2. The quantitative estimate of drug-likeness (QED) is 0.278. The maximum Gasteiger partial charge on any atom is 0.438 e. The Morgan fingerprint density at radius 1 is 1.04 bits per heavy atom. The number of halogens is 3. The van der Waals surface area contributed by atoms with Crippen LogP contribution < -0.4 is 21.7 Å². The first-order valence-electron chi connectivity index (χ1n) is 15.5. The zero-order chi connectivity index (χ0) is 31.7. The third-order valence-electron chi connectivity index (χ3n) is 10.8. The monoisotopic (exact) mass is 656 g/mol. The number of rotatable bonds is 4. The number of hydrogen-bond donors (Lipinski definition) is 4. The van der Waals surface area contributed by atoms with Gasteiger partial charge < -0.3 is 10.6 Å². The molecule has 1 aromatic carbocycles. The molecule has 2 spiro atoms. The van der Waals surface area contributed by atoms with E-state index < -0.39 is 34.5 Å². The van der Waals surface area contributed by atoms with Crippen LogP contribution >= 0.6 is 23.2 Å². The van der Waals surface area contributed by atoms with Gasteiger partial charge in [0.2, 0.25) is 11.8 Å². The molecule has 2 saturated carbocycles. The van der Waals surface area contributed by atoms with Crippen LogP contribution in [0.25, 0.3) is 0 Å². The second-order valence-corrected chi connectivity index (χ2v) is 14.6. The zero-order valence-corrected chi connectivity index (χ0v) is 26.5. The van der Waals surface area contributed by atoms with Gasteiger partial charge in [-0.05, 0) is 74.5 Å². The summed E-state index contributed by atoms with van der Waals surface area (Å²) in [5.74, 6) is -1.93. The van der Waals surface area contributed by atoms with Gasteiger partial charge in [0.1, 0.15) is 22.2 Å². The molecule has 2 amide bonds. The van der Waals surface area contributed by atoms with Crippen LogP contribution in [-0.4, -0.2) is 44.6 Å². The molecule has 4 N–H and O–H groups in total. The minimum absolute atomic E-state index is 0.0256. The number of nitrogens with zero attached hydrogens (tertiary/aromatic N) is 2. The van der Waals surface area contributed by atoms with Crippen LogP contribution in [0.4, 0.5) is 10.2 Å². The molecule has 10 nitrogen and oxygen atoms in total. The molecule has 0 radical (unpaired) electrons. The average Bonchev–Trinajstić information content (AvgIpc) is 3.65. The van der Waals surface area contributed by atoms with E-state index in [-0.39, 0.29) is 44.9 Å². The third kappa shape index (κ3) is 4.80. The number of carbonyl (C=O) groups excluding carboxylic acids is 2. The van der Waals surface area contributed by atoms with Crippen molar-refractivity contribution in [3.8, 4) is 0 Å². The Kier molecular flexibility index (Phi) is 7.37. The molecule has 45 heavy (non-hydrogen) atoms. The number of pyridine rings is 1. The lowest BCUT2D eigenvalue weighted by Gasteiger charge is -2.50. The maximum atomic E-state index is 16.1. The summed E-state index contributed by atoms with van der Waals surface area (Å²) in [7, 11) is 0. The minimum atomic E-state index is -1.36. The van der Waals surface area contributed by atoms with Crippen LogP contribution in [0.2, 0.25) is 10.2 Å². The number of benzene rings is 1. The van der Waals surface area contributed by atoms with Crippen molar-refractivity contribution in [2.75, 3.05) is 5.32 Å². The van der Waals surface area contributed by atoms with Crippen LogP contribution in [0.3, 0.4) is 0 Å². The lowest BCUT2D eigenvalue weighted by molar-refractivity contribution is -0.125. The topological polar surface area (TPSA) is 142 Å². The Labute approximate surface area is 269 Å². The fourth-order valence-electron chi connectivity index (χ4n) is 8.51. The van der Waals surface area contributed by atoms with E-state index in [0.717, 1.165) is 12.8 Å². The first kappa shape index (κ1) is 30.4. The fourth-order valence-corrected chi connectivity index (χ4v) is 8.84. The smallest absolute Gasteiger partial charge is 0.352 e. The summed E-state index contributed by atoms with van der Waals surface area (Å²) in [6, 6.07) is 7.08. The number of anilines is 1. The van der Waals surface area contributed by atoms with E-state index >= 15 is 4.39 Å². The summed E-state index contributed by atoms with van der Waals surface area (Å²) < 4.78 is 20.8. The van der Waals surface area contributed by atoms with Crippen LogP contribution in [0.15, 0.2) is 39.6 Å². The molecule has 2 aliphatic heterocycles. The second-order valence-electron chi connectivity index (χ2n) is 13.8. The largest absolute Gasteiger partial charge is 0.438 e. The molecule has 13 heteroatoms. The Morgan fingerprint density at radius 2 is 1.78 bits per heavy atom. The molecule has 7 rings (SSSR count). The standard InChI is InChI=1S/C32H35Cl2FN6O4/c1-30(2)12-14-31(15-13-30)32(19-10-11-21(34)37-26(19)38-28(32)43)22(18-4-3-5-20(33)23(18)35)24(40-31)27(42)36-17-8-6-16(7-9-17)25-39-29(44)45-41-25/h3-5,10-11,16-17,22,24,40H,6-9,12-15H2,1-2H3,(H,36,42)(H,37,38,43)(H,39,41,44)/t16-,17-,22-,24+,32+/m0/s1. The van der Waals surface area contributed by atoms with Gasteiger partial charge in [0.05, 0.1) is 11.1 Å². The summed E-state index contributed by atoms with van der Waals surface area (Å²) >= 11 is 12.6. The third-order valence-corrected chi connectivity index (χ3v) is 11.3. The molecule has 3 aromatic rings. The van der Waals surface area contributed by atoms with E-state index in [1.54, 1.807) is 24.3 Å². The van der Waals surface area contributed by atoms with E-state index in [9.17, 15) is 14.4 Å². The summed E-state index contributed by atoms with van der Waals surface area (Å²) in [5, 5.41) is 13.8. The van der Waals surface area contributed by atoms with Gasteiger partial charge in [-0.1, -0.05) is 60.4 Å². The second kappa shape index (κ2) is 10.9. The Hall–Kier alpha value is -3.28. The molecule has 2 aliphatic carbocycles. The maximum absolute atomic E-state index is 16.1. The van der Waals surface area contributed by atoms with Gasteiger partial charge in [-0.25, -0.2) is 14.2 Å². The van der Waals surface area contributed by atoms with E-state index in [4.69, 9.17) is 23.2 Å². The van der Waals surface area contributed by atoms with E-state index in [2.05, 4.69) is 49.4 Å². The number of aromatic nitrogens is 3. The highest BCUT2D eigenvalue weighted by Crippen LogP contribution is 2.63. The van der Waals surface area contributed by atoms with Crippen molar-refractivity contribution >= 4 is 40.8 Å². The predicted molar refractivity (Wildman–Crippen MR) is 166 cm³/mol. The van der Waals surface area contributed by atoms with E-state index in [1.807, 2.05) is 0 Å². The van der Waals surface area contributed by atoms with Gasteiger partial charge in [0, 0.05) is 29.0 Å². The highest BCUT2D eigenvalue weighted by atomic mass is 35.5. The first-order valence-corrected chi connectivity index (χ1v) is 16.3. The zero-order valence-electron chi connectivity index (χ0n) is 25.0. The van der Waals surface area contributed by atoms with Gasteiger partial charge >= 0.3 is 5.76 Å². The molecular weight excluding hydrogens is 622 g/mol. The van der Waals surface area contributed by atoms with Crippen LogP contribution in [0.5, 0.6) is 0 Å². The number of amides is 2. The lowest BCUT2D eigenvalue weighted by Crippen LogP contribution is -2.61. The van der Waals surface area contributed by atoms with E-state index in [0.29, 0.717) is 55.7 Å². The average molecular weight is 658 g/mol. The number of fused-ring (bicyclic) bond motifs is 3. The molecule has 4 heterocycles.